The summed E-state index contributed by atoms with van der Waals surface area (Å²) in [6.45, 7) is 2.41. The predicted octanol–water partition coefficient (Wildman–Crippen LogP) is 16.9. The van der Waals surface area contributed by atoms with Crippen molar-refractivity contribution >= 4 is 48.6 Å². The number of fused-ring (bicyclic) bond motifs is 9. The summed E-state index contributed by atoms with van der Waals surface area (Å²) in [5.41, 5.74) is 19.1. The predicted molar refractivity (Wildman–Crippen MR) is 274 cm³/mol. The maximum atomic E-state index is 2.55. The van der Waals surface area contributed by atoms with Gasteiger partial charge < -0.3 is 4.90 Å². The van der Waals surface area contributed by atoms with Crippen molar-refractivity contribution in [2.75, 3.05) is 4.90 Å². The zero-order valence-corrected chi connectivity index (χ0v) is 36.8. The molecule has 0 fully saturated rings. The van der Waals surface area contributed by atoms with E-state index >= 15 is 0 Å². The summed E-state index contributed by atoms with van der Waals surface area (Å²) in [5, 5.41) is 2.62. The molecule has 0 N–H and O–H groups in total. The van der Waals surface area contributed by atoms with Gasteiger partial charge in [0.2, 0.25) is 0 Å². The molecule has 2 heteroatoms. The second-order valence-corrected chi connectivity index (χ2v) is 18.7. The van der Waals surface area contributed by atoms with Crippen molar-refractivity contribution in [3.8, 4) is 33.4 Å². The van der Waals surface area contributed by atoms with Gasteiger partial charge in [-0.25, -0.2) is 0 Å². The van der Waals surface area contributed by atoms with E-state index < -0.39 is 5.41 Å². The Bertz CT molecular complexity index is 3580. The lowest BCUT2D eigenvalue weighted by atomic mass is 9.68. The molecule has 0 saturated heterocycles. The molecule has 306 valence electrons. The molecular weight excluding hydrogens is 803 g/mol. The second-order valence-electron chi connectivity index (χ2n) is 17.7. The number of hydrogen-bond donors (Lipinski definition) is 0. The molecule has 65 heavy (non-hydrogen) atoms. The lowest BCUT2D eigenvalue weighted by Gasteiger charge is -2.34. The maximum absolute atomic E-state index is 2.55. The molecule has 10 aromatic carbocycles. The first-order valence-electron chi connectivity index (χ1n) is 22.6. The fourth-order valence-corrected chi connectivity index (χ4v) is 12.7. The van der Waals surface area contributed by atoms with Crippen LogP contribution in [0.2, 0.25) is 0 Å². The standard InChI is InChI=1S/C63H43NS/c1-62(43-21-5-2-6-22-43)53-32-14-11-28-49(53)50-39-38-47(41-56(50)62)64(46-27-17-20-42(40-46)48-31-18-37-59-60(48)52-30-13-16-36-58(52)65-59)57-35-19-34-55-61(57)51-29-12-15-33-54(51)63(55,44-23-7-3-8-24-44)45-25-9-4-10-26-45/h2-41H,1H3. The highest BCUT2D eigenvalue weighted by Crippen LogP contribution is 2.60. The van der Waals surface area contributed by atoms with Crippen LogP contribution in [0, 0.1) is 0 Å². The van der Waals surface area contributed by atoms with Crippen molar-refractivity contribution in [3.63, 3.8) is 0 Å². The molecule has 0 amide bonds. The van der Waals surface area contributed by atoms with Crippen LogP contribution in [-0.4, -0.2) is 0 Å². The molecule has 0 radical (unpaired) electrons. The Morgan fingerprint density at radius 2 is 0.923 bits per heavy atom. The van der Waals surface area contributed by atoms with Gasteiger partial charge in [-0.3, -0.25) is 0 Å². The average molecular weight is 846 g/mol. The Labute approximate surface area is 384 Å². The molecule has 2 aliphatic carbocycles. The van der Waals surface area contributed by atoms with Gasteiger partial charge >= 0.3 is 0 Å². The van der Waals surface area contributed by atoms with Crippen LogP contribution in [0.1, 0.15) is 45.9 Å². The molecule has 11 aromatic rings. The Balaban J connectivity index is 1.10. The van der Waals surface area contributed by atoms with E-state index in [1.165, 1.54) is 92.5 Å². The largest absolute Gasteiger partial charge is 0.310 e. The molecule has 13 rings (SSSR count). The second kappa shape index (κ2) is 14.6. The number of thiophene rings is 1. The Hall–Kier alpha value is -7.78. The third-order valence-electron chi connectivity index (χ3n) is 14.4. The summed E-state index contributed by atoms with van der Waals surface area (Å²) in [6, 6.07) is 90.5. The van der Waals surface area contributed by atoms with E-state index in [1.807, 2.05) is 11.3 Å². The first kappa shape index (κ1) is 37.7. The topological polar surface area (TPSA) is 3.24 Å². The van der Waals surface area contributed by atoms with Crippen molar-refractivity contribution < 1.29 is 0 Å². The van der Waals surface area contributed by atoms with Gasteiger partial charge in [-0.2, -0.15) is 0 Å². The van der Waals surface area contributed by atoms with Crippen LogP contribution in [-0.2, 0) is 10.8 Å². The number of anilines is 3. The quantitative estimate of drug-likeness (QED) is 0.154. The van der Waals surface area contributed by atoms with Crippen LogP contribution in [0.5, 0.6) is 0 Å². The van der Waals surface area contributed by atoms with Crippen molar-refractivity contribution in [2.45, 2.75) is 17.8 Å². The molecular formula is C63H43NS. The summed E-state index contributed by atoms with van der Waals surface area (Å²) in [4.78, 5) is 2.55. The molecule has 0 spiro atoms. The lowest BCUT2D eigenvalue weighted by molar-refractivity contribution is 0.714. The Morgan fingerprint density at radius 1 is 0.369 bits per heavy atom. The molecule has 0 aliphatic heterocycles. The fourth-order valence-electron chi connectivity index (χ4n) is 11.6. The van der Waals surface area contributed by atoms with Crippen LogP contribution in [0.4, 0.5) is 17.1 Å². The summed E-state index contributed by atoms with van der Waals surface area (Å²) in [6.07, 6.45) is 0. The zero-order chi connectivity index (χ0) is 43.1. The summed E-state index contributed by atoms with van der Waals surface area (Å²) in [7, 11) is 0. The first-order chi connectivity index (χ1) is 32.1. The summed E-state index contributed by atoms with van der Waals surface area (Å²) in [5.74, 6) is 0. The van der Waals surface area contributed by atoms with Crippen LogP contribution in [0.15, 0.2) is 243 Å². The lowest BCUT2D eigenvalue weighted by Crippen LogP contribution is -2.28. The van der Waals surface area contributed by atoms with Crippen molar-refractivity contribution in [1.82, 2.24) is 0 Å². The van der Waals surface area contributed by atoms with Crippen molar-refractivity contribution in [2.24, 2.45) is 0 Å². The van der Waals surface area contributed by atoms with Crippen molar-refractivity contribution in [1.29, 1.82) is 0 Å². The minimum absolute atomic E-state index is 0.354. The van der Waals surface area contributed by atoms with Crippen LogP contribution >= 0.6 is 11.3 Å². The van der Waals surface area contributed by atoms with E-state index in [-0.39, 0.29) is 5.41 Å². The van der Waals surface area contributed by atoms with Gasteiger partial charge in [-0.05, 0) is 116 Å². The highest BCUT2D eigenvalue weighted by atomic mass is 32.1. The van der Waals surface area contributed by atoms with Crippen LogP contribution in [0.25, 0.3) is 53.6 Å². The summed E-state index contributed by atoms with van der Waals surface area (Å²) >= 11 is 1.87. The number of nitrogens with zero attached hydrogens (tertiary/aromatic N) is 1. The molecule has 2 aliphatic rings. The molecule has 1 aromatic heterocycles. The smallest absolute Gasteiger partial charge is 0.0714 e. The number of benzene rings is 10. The molecule has 1 atom stereocenters. The van der Waals surface area contributed by atoms with E-state index in [4.69, 9.17) is 0 Å². The third kappa shape index (κ3) is 5.45. The van der Waals surface area contributed by atoms with E-state index in [9.17, 15) is 0 Å². The van der Waals surface area contributed by atoms with Gasteiger partial charge in [0, 0.05) is 42.5 Å². The van der Waals surface area contributed by atoms with Crippen molar-refractivity contribution in [3.05, 3.63) is 282 Å². The van der Waals surface area contributed by atoms with Gasteiger partial charge in [0.25, 0.3) is 0 Å². The maximum Gasteiger partial charge on any atom is 0.0714 e. The van der Waals surface area contributed by atoms with Crippen LogP contribution < -0.4 is 4.90 Å². The van der Waals surface area contributed by atoms with Gasteiger partial charge in [0.1, 0.15) is 0 Å². The van der Waals surface area contributed by atoms with Gasteiger partial charge in [0.15, 0.2) is 0 Å². The third-order valence-corrected chi connectivity index (χ3v) is 15.6. The highest BCUT2D eigenvalue weighted by Gasteiger charge is 2.47. The Kier molecular flexibility index (Phi) is 8.50. The Morgan fingerprint density at radius 3 is 1.69 bits per heavy atom. The molecule has 0 bridgehead atoms. The molecule has 1 heterocycles. The van der Waals surface area contributed by atoms with Gasteiger partial charge in [0.05, 0.1) is 11.1 Å². The highest BCUT2D eigenvalue weighted by molar-refractivity contribution is 7.25. The SMILES string of the molecule is CC1(c2ccccc2)c2ccccc2-c2ccc(N(c3cccc(-c4cccc5sc6ccccc6c45)c3)c3cccc4c3-c3ccccc3C4(c3ccccc3)c3ccccc3)cc21. The monoisotopic (exact) mass is 845 g/mol. The van der Waals surface area contributed by atoms with E-state index in [1.54, 1.807) is 0 Å². The van der Waals surface area contributed by atoms with Crippen LogP contribution in [0.3, 0.4) is 0 Å². The number of rotatable bonds is 7. The van der Waals surface area contributed by atoms with E-state index in [0.717, 1.165) is 17.1 Å². The first-order valence-corrected chi connectivity index (χ1v) is 23.4. The molecule has 1 unspecified atom stereocenters. The number of hydrogen-bond acceptors (Lipinski definition) is 2. The molecule has 0 saturated carbocycles. The molecule has 1 nitrogen and oxygen atoms in total. The minimum Gasteiger partial charge on any atom is -0.310 e. The normalized spacial score (nSPS) is 15.3. The fraction of sp³-hybridized carbons (Fsp3) is 0.0476. The van der Waals surface area contributed by atoms with E-state index in [2.05, 4.69) is 254 Å². The summed E-state index contributed by atoms with van der Waals surface area (Å²) < 4.78 is 2.62. The average Bonchev–Trinajstić information content (AvgIpc) is 4.00. The van der Waals surface area contributed by atoms with Gasteiger partial charge in [-0.1, -0.05) is 200 Å². The van der Waals surface area contributed by atoms with Gasteiger partial charge in [-0.15, -0.1) is 11.3 Å². The zero-order valence-electron chi connectivity index (χ0n) is 35.9. The van der Waals surface area contributed by atoms with E-state index in [0.29, 0.717) is 0 Å². The minimum atomic E-state index is -0.529.